The third kappa shape index (κ3) is 4.75. The van der Waals surface area contributed by atoms with Crippen molar-refractivity contribution in [2.24, 2.45) is 0 Å². The molecule has 0 saturated heterocycles. The Labute approximate surface area is 179 Å². The summed E-state index contributed by atoms with van der Waals surface area (Å²) in [4.78, 5) is 13.3. The zero-order chi connectivity index (χ0) is 21.8. The third-order valence-corrected chi connectivity index (χ3v) is 4.95. The maximum absolute atomic E-state index is 11.2. The number of nitrogens with zero attached hydrogens (tertiary/aromatic N) is 1. The van der Waals surface area contributed by atoms with E-state index in [0.717, 1.165) is 22.6 Å². The Hall–Kier alpha value is -3.65. The van der Waals surface area contributed by atoms with Gasteiger partial charge in [0.25, 0.3) is 0 Å². The molecular weight excluding hydrogens is 402 g/mol. The SMILES string of the molecule is COc1ccc(CN(Cc2ccc3c(c2)OCO3)Cc2ccc(C(=O)O)o2)cc1OC. The van der Waals surface area contributed by atoms with Gasteiger partial charge in [0.1, 0.15) is 5.76 Å². The molecule has 8 heteroatoms. The minimum Gasteiger partial charge on any atom is -0.493 e. The van der Waals surface area contributed by atoms with E-state index in [2.05, 4.69) is 4.90 Å². The summed E-state index contributed by atoms with van der Waals surface area (Å²) in [5.74, 6) is 2.15. The lowest BCUT2D eigenvalue weighted by atomic mass is 10.1. The maximum Gasteiger partial charge on any atom is 0.371 e. The van der Waals surface area contributed by atoms with Gasteiger partial charge in [-0.05, 0) is 47.5 Å². The van der Waals surface area contributed by atoms with Gasteiger partial charge >= 0.3 is 5.97 Å². The highest BCUT2D eigenvalue weighted by atomic mass is 16.7. The summed E-state index contributed by atoms with van der Waals surface area (Å²) < 4.78 is 27.1. The van der Waals surface area contributed by atoms with Crippen molar-refractivity contribution < 1.29 is 33.3 Å². The van der Waals surface area contributed by atoms with E-state index >= 15 is 0 Å². The van der Waals surface area contributed by atoms with E-state index in [4.69, 9.17) is 28.5 Å². The lowest BCUT2D eigenvalue weighted by Gasteiger charge is -2.22. The normalized spacial score (nSPS) is 12.2. The highest BCUT2D eigenvalue weighted by Gasteiger charge is 2.17. The van der Waals surface area contributed by atoms with Gasteiger partial charge < -0.3 is 28.5 Å². The second-order valence-electron chi connectivity index (χ2n) is 7.09. The standard InChI is InChI=1S/C23H23NO7/c1-27-18-6-3-15(9-21(18)28-2)11-24(13-17-5-8-20(31-17)23(25)26)12-16-4-7-19-22(10-16)30-14-29-19/h3-10H,11-14H2,1-2H3,(H,25,26). The van der Waals surface area contributed by atoms with Crippen molar-refractivity contribution in [1.82, 2.24) is 4.90 Å². The summed E-state index contributed by atoms with van der Waals surface area (Å²) in [6, 6.07) is 14.7. The van der Waals surface area contributed by atoms with E-state index in [1.807, 2.05) is 36.4 Å². The summed E-state index contributed by atoms with van der Waals surface area (Å²) in [6.45, 7) is 1.82. The molecule has 0 amide bonds. The van der Waals surface area contributed by atoms with Crippen LogP contribution in [0.1, 0.15) is 27.4 Å². The number of rotatable bonds is 9. The molecule has 4 rings (SSSR count). The number of carboxylic acid groups (broad SMARTS) is 1. The smallest absolute Gasteiger partial charge is 0.371 e. The van der Waals surface area contributed by atoms with Crippen LogP contribution in [0.2, 0.25) is 0 Å². The summed E-state index contributed by atoms with van der Waals surface area (Å²) in [7, 11) is 3.20. The zero-order valence-electron chi connectivity index (χ0n) is 17.3. The number of benzene rings is 2. The van der Waals surface area contributed by atoms with E-state index in [9.17, 15) is 4.79 Å². The van der Waals surface area contributed by atoms with Gasteiger partial charge in [-0.15, -0.1) is 0 Å². The van der Waals surface area contributed by atoms with Gasteiger partial charge in [0, 0.05) is 13.1 Å². The number of carbonyl (C=O) groups is 1. The molecular formula is C23H23NO7. The Morgan fingerprint density at radius 1 is 0.903 bits per heavy atom. The monoisotopic (exact) mass is 425 g/mol. The van der Waals surface area contributed by atoms with Crippen LogP contribution in [0.4, 0.5) is 0 Å². The molecule has 8 nitrogen and oxygen atoms in total. The van der Waals surface area contributed by atoms with Crippen LogP contribution >= 0.6 is 0 Å². The summed E-state index contributed by atoms with van der Waals surface area (Å²) >= 11 is 0. The van der Waals surface area contributed by atoms with Crippen LogP contribution in [0, 0.1) is 0 Å². The summed E-state index contributed by atoms with van der Waals surface area (Å²) in [6.07, 6.45) is 0. The first-order valence-corrected chi connectivity index (χ1v) is 9.69. The lowest BCUT2D eigenvalue weighted by molar-refractivity contribution is 0.0657. The van der Waals surface area contributed by atoms with Gasteiger partial charge in [0.2, 0.25) is 12.6 Å². The quantitative estimate of drug-likeness (QED) is 0.552. The predicted octanol–water partition coefficient (Wildman–Crippen LogP) is 3.93. The number of fused-ring (bicyclic) bond motifs is 1. The molecule has 162 valence electrons. The Kier molecular flexibility index (Phi) is 5.99. The topological polar surface area (TPSA) is 90.6 Å². The average Bonchev–Trinajstić information content (AvgIpc) is 3.42. The number of furan rings is 1. The van der Waals surface area contributed by atoms with Crippen molar-refractivity contribution in [3.8, 4) is 23.0 Å². The molecule has 2 aromatic carbocycles. The van der Waals surface area contributed by atoms with Gasteiger partial charge in [-0.25, -0.2) is 4.79 Å². The van der Waals surface area contributed by atoms with E-state index < -0.39 is 5.97 Å². The van der Waals surface area contributed by atoms with Gasteiger partial charge in [-0.3, -0.25) is 4.90 Å². The van der Waals surface area contributed by atoms with Crippen LogP contribution in [0.3, 0.4) is 0 Å². The van der Waals surface area contributed by atoms with Crippen molar-refractivity contribution in [2.75, 3.05) is 21.0 Å². The highest BCUT2D eigenvalue weighted by molar-refractivity contribution is 5.84. The second-order valence-corrected chi connectivity index (χ2v) is 7.09. The van der Waals surface area contributed by atoms with E-state index in [1.54, 1.807) is 20.3 Å². The molecule has 1 aliphatic heterocycles. The Morgan fingerprint density at radius 2 is 1.61 bits per heavy atom. The fraction of sp³-hybridized carbons (Fsp3) is 0.261. The maximum atomic E-state index is 11.2. The van der Waals surface area contributed by atoms with Crippen LogP contribution in [0.15, 0.2) is 52.9 Å². The highest BCUT2D eigenvalue weighted by Crippen LogP contribution is 2.33. The Morgan fingerprint density at radius 3 is 2.32 bits per heavy atom. The van der Waals surface area contributed by atoms with Crippen LogP contribution in [0.25, 0.3) is 0 Å². The van der Waals surface area contributed by atoms with Crippen molar-refractivity contribution in [1.29, 1.82) is 0 Å². The first-order chi connectivity index (χ1) is 15.1. The number of hydrogen-bond acceptors (Lipinski definition) is 7. The molecule has 0 radical (unpaired) electrons. The fourth-order valence-corrected chi connectivity index (χ4v) is 3.50. The van der Waals surface area contributed by atoms with Gasteiger partial charge in [0.15, 0.2) is 23.0 Å². The number of carboxylic acids is 1. The predicted molar refractivity (Wildman–Crippen MR) is 111 cm³/mol. The number of hydrogen-bond donors (Lipinski definition) is 1. The lowest BCUT2D eigenvalue weighted by Crippen LogP contribution is -2.22. The fourth-order valence-electron chi connectivity index (χ4n) is 3.50. The Bertz CT molecular complexity index is 1080. The zero-order valence-corrected chi connectivity index (χ0v) is 17.3. The van der Waals surface area contributed by atoms with E-state index in [1.165, 1.54) is 6.07 Å². The number of ether oxygens (including phenoxy) is 4. The van der Waals surface area contributed by atoms with Crippen LogP contribution in [0.5, 0.6) is 23.0 Å². The molecule has 0 saturated carbocycles. The number of aromatic carboxylic acids is 1. The van der Waals surface area contributed by atoms with E-state index in [0.29, 0.717) is 36.9 Å². The third-order valence-electron chi connectivity index (χ3n) is 4.95. The minimum absolute atomic E-state index is 0.0795. The molecule has 3 aromatic rings. The van der Waals surface area contributed by atoms with Crippen molar-refractivity contribution in [3.05, 3.63) is 71.2 Å². The first kappa shape index (κ1) is 20.6. The van der Waals surface area contributed by atoms with Crippen molar-refractivity contribution in [3.63, 3.8) is 0 Å². The molecule has 0 aliphatic carbocycles. The molecule has 31 heavy (non-hydrogen) atoms. The van der Waals surface area contributed by atoms with Crippen molar-refractivity contribution in [2.45, 2.75) is 19.6 Å². The van der Waals surface area contributed by atoms with Gasteiger partial charge in [-0.2, -0.15) is 0 Å². The van der Waals surface area contributed by atoms with Crippen LogP contribution in [-0.4, -0.2) is 37.0 Å². The van der Waals surface area contributed by atoms with Gasteiger partial charge in [0.05, 0.1) is 20.8 Å². The average molecular weight is 425 g/mol. The molecule has 0 bridgehead atoms. The number of methoxy groups -OCH3 is 2. The molecule has 1 aromatic heterocycles. The second kappa shape index (κ2) is 9.01. The Balaban J connectivity index is 1.57. The molecule has 1 N–H and O–H groups in total. The van der Waals surface area contributed by atoms with Crippen molar-refractivity contribution >= 4 is 5.97 Å². The van der Waals surface area contributed by atoms with Crippen LogP contribution in [-0.2, 0) is 19.6 Å². The summed E-state index contributed by atoms with van der Waals surface area (Å²) in [5.41, 5.74) is 2.05. The molecule has 0 spiro atoms. The molecule has 0 atom stereocenters. The van der Waals surface area contributed by atoms with Gasteiger partial charge in [-0.1, -0.05) is 12.1 Å². The van der Waals surface area contributed by atoms with Crippen LogP contribution < -0.4 is 18.9 Å². The largest absolute Gasteiger partial charge is 0.493 e. The molecule has 0 fully saturated rings. The molecule has 0 unspecified atom stereocenters. The minimum atomic E-state index is -1.09. The van der Waals surface area contributed by atoms with E-state index in [-0.39, 0.29) is 12.6 Å². The first-order valence-electron chi connectivity index (χ1n) is 9.69. The summed E-state index contributed by atoms with van der Waals surface area (Å²) in [5, 5.41) is 9.14. The molecule has 1 aliphatic rings. The molecule has 2 heterocycles.